The first-order chi connectivity index (χ1) is 14.6. The second-order valence-corrected chi connectivity index (χ2v) is 7.73. The number of methoxy groups -OCH3 is 1. The Balaban J connectivity index is 1.73. The third kappa shape index (κ3) is 2.74. The number of aryl methyl sites for hydroxylation is 2. The van der Waals surface area contributed by atoms with Gasteiger partial charge in [-0.1, -0.05) is 25.1 Å². The van der Waals surface area contributed by atoms with Crippen molar-refractivity contribution >= 4 is 0 Å². The van der Waals surface area contributed by atoms with E-state index in [0.29, 0.717) is 11.5 Å². The highest BCUT2D eigenvalue weighted by atomic mass is 16.7. The molecule has 30 heavy (non-hydrogen) atoms. The first-order valence-electron chi connectivity index (χ1n) is 10.2. The molecule has 1 atom stereocenters. The fraction of sp³-hybridized carbons (Fsp3) is 0.409. The molecule has 0 aliphatic carbocycles. The Kier molecular flexibility index (Phi) is 4.58. The molecule has 0 N–H and O–H groups in total. The summed E-state index contributed by atoms with van der Waals surface area (Å²) in [4.78, 5) is 2.26. The summed E-state index contributed by atoms with van der Waals surface area (Å²) < 4.78 is 19.1. The van der Waals surface area contributed by atoms with Gasteiger partial charge in [0.15, 0.2) is 17.3 Å². The maximum Gasteiger partial charge on any atom is 0.231 e. The van der Waals surface area contributed by atoms with Crippen molar-refractivity contribution in [3.63, 3.8) is 0 Å². The lowest BCUT2D eigenvalue weighted by atomic mass is 9.90. The van der Waals surface area contributed by atoms with Gasteiger partial charge in [0.2, 0.25) is 12.5 Å². The van der Waals surface area contributed by atoms with Crippen molar-refractivity contribution in [1.29, 1.82) is 0 Å². The number of para-hydroxylation sites is 1. The Labute approximate surface area is 175 Å². The maximum absolute atomic E-state index is 5.84. The molecule has 8 heteroatoms. The predicted molar refractivity (Wildman–Crippen MR) is 111 cm³/mol. The highest BCUT2D eigenvalue weighted by molar-refractivity contribution is 5.63. The first-order valence-corrected chi connectivity index (χ1v) is 10.2. The normalized spacial score (nSPS) is 17.8. The number of ether oxygens (including phenoxy) is 3. The summed E-state index contributed by atoms with van der Waals surface area (Å²) in [7, 11) is 3.76. The SMILES string of the molecule is CCc1cccc(C)c1-n1nnnc1C1c2c(cc3c(c2OC)OCO3)CCN1C. The van der Waals surface area contributed by atoms with Gasteiger partial charge in [0.25, 0.3) is 0 Å². The fourth-order valence-electron chi connectivity index (χ4n) is 4.59. The molecule has 3 heterocycles. The lowest BCUT2D eigenvalue weighted by molar-refractivity contribution is 0.170. The number of hydrogen-bond donors (Lipinski definition) is 0. The summed E-state index contributed by atoms with van der Waals surface area (Å²) in [5.74, 6) is 2.85. The van der Waals surface area contributed by atoms with E-state index in [0.717, 1.165) is 47.8 Å². The molecule has 1 unspecified atom stereocenters. The van der Waals surface area contributed by atoms with E-state index in [1.165, 1.54) is 11.1 Å². The molecule has 8 nitrogen and oxygen atoms in total. The fourth-order valence-corrected chi connectivity index (χ4v) is 4.59. The van der Waals surface area contributed by atoms with Crippen LogP contribution in [0.2, 0.25) is 0 Å². The van der Waals surface area contributed by atoms with E-state index in [4.69, 9.17) is 14.2 Å². The number of nitrogens with zero attached hydrogens (tertiary/aromatic N) is 5. The van der Waals surface area contributed by atoms with Crippen molar-refractivity contribution in [2.24, 2.45) is 0 Å². The van der Waals surface area contributed by atoms with Crippen molar-refractivity contribution < 1.29 is 14.2 Å². The van der Waals surface area contributed by atoms with E-state index in [-0.39, 0.29) is 12.8 Å². The van der Waals surface area contributed by atoms with Gasteiger partial charge in [-0.15, -0.1) is 5.10 Å². The lowest BCUT2D eigenvalue weighted by Gasteiger charge is -2.35. The molecule has 0 amide bonds. The minimum absolute atomic E-state index is 0.169. The largest absolute Gasteiger partial charge is 0.492 e. The maximum atomic E-state index is 5.84. The molecule has 0 spiro atoms. The Bertz CT molecular complexity index is 1110. The predicted octanol–water partition coefficient (Wildman–Crippen LogP) is 2.85. The summed E-state index contributed by atoms with van der Waals surface area (Å²) in [6.45, 7) is 5.32. The van der Waals surface area contributed by atoms with Gasteiger partial charge in [0.1, 0.15) is 6.04 Å². The van der Waals surface area contributed by atoms with Gasteiger partial charge >= 0.3 is 0 Å². The van der Waals surface area contributed by atoms with Crippen molar-refractivity contribution in [2.75, 3.05) is 27.5 Å². The molecular formula is C22H25N5O3. The third-order valence-corrected chi connectivity index (χ3v) is 6.05. The molecule has 2 aliphatic rings. The average Bonchev–Trinajstić information content (AvgIpc) is 3.41. The molecule has 0 fully saturated rings. The minimum atomic E-state index is -0.169. The van der Waals surface area contributed by atoms with Crippen LogP contribution in [0, 0.1) is 6.92 Å². The zero-order valence-corrected chi connectivity index (χ0v) is 17.7. The van der Waals surface area contributed by atoms with Gasteiger partial charge in [-0.25, -0.2) is 0 Å². The van der Waals surface area contributed by atoms with Crippen LogP contribution in [0.15, 0.2) is 24.3 Å². The highest BCUT2D eigenvalue weighted by Gasteiger charge is 2.38. The van der Waals surface area contributed by atoms with E-state index >= 15 is 0 Å². The molecule has 156 valence electrons. The van der Waals surface area contributed by atoms with Crippen LogP contribution in [0.1, 0.15) is 41.0 Å². The van der Waals surface area contributed by atoms with E-state index in [9.17, 15) is 0 Å². The Hall–Kier alpha value is -3.13. The van der Waals surface area contributed by atoms with Gasteiger partial charge in [-0.05, 0) is 60.0 Å². The molecule has 2 aliphatic heterocycles. The van der Waals surface area contributed by atoms with Gasteiger partial charge < -0.3 is 14.2 Å². The molecule has 5 rings (SSSR count). The van der Waals surface area contributed by atoms with Gasteiger partial charge in [-0.3, -0.25) is 4.90 Å². The zero-order chi connectivity index (χ0) is 20.8. The third-order valence-electron chi connectivity index (χ3n) is 6.05. The van der Waals surface area contributed by atoms with Gasteiger partial charge in [-0.2, -0.15) is 4.68 Å². The monoisotopic (exact) mass is 407 g/mol. The van der Waals surface area contributed by atoms with Gasteiger partial charge in [0, 0.05) is 12.1 Å². The molecule has 2 aromatic carbocycles. The van der Waals surface area contributed by atoms with E-state index in [2.05, 4.69) is 65.6 Å². The first kappa shape index (κ1) is 18.9. The summed E-state index contributed by atoms with van der Waals surface area (Å²) >= 11 is 0. The second-order valence-electron chi connectivity index (χ2n) is 7.73. The van der Waals surface area contributed by atoms with Crippen LogP contribution in [0.4, 0.5) is 0 Å². The minimum Gasteiger partial charge on any atom is -0.492 e. The average molecular weight is 407 g/mol. The van der Waals surface area contributed by atoms with E-state index < -0.39 is 0 Å². The topological polar surface area (TPSA) is 74.5 Å². The number of likely N-dealkylation sites (N-methyl/N-ethyl adjacent to an activating group) is 1. The van der Waals surface area contributed by atoms with Crippen LogP contribution in [-0.4, -0.2) is 52.6 Å². The van der Waals surface area contributed by atoms with Crippen molar-refractivity contribution in [1.82, 2.24) is 25.1 Å². The van der Waals surface area contributed by atoms with Crippen LogP contribution < -0.4 is 14.2 Å². The molecule has 0 saturated carbocycles. The van der Waals surface area contributed by atoms with Crippen LogP contribution in [0.5, 0.6) is 17.2 Å². The standard InChI is InChI=1S/C22H25N5O3/c1-5-14-8-6-7-13(2)18(14)27-22(23-24-25-27)19-17-15(9-10-26(19)3)11-16-20(21(17)28-4)30-12-29-16/h6-8,11,19H,5,9-10,12H2,1-4H3. The highest BCUT2D eigenvalue weighted by Crippen LogP contribution is 2.50. The van der Waals surface area contributed by atoms with Crippen molar-refractivity contribution in [2.45, 2.75) is 32.7 Å². The molecular weight excluding hydrogens is 382 g/mol. The number of hydrogen-bond acceptors (Lipinski definition) is 7. The number of rotatable bonds is 4. The number of benzene rings is 2. The van der Waals surface area contributed by atoms with Gasteiger partial charge in [0.05, 0.1) is 12.8 Å². The van der Waals surface area contributed by atoms with E-state index in [1.54, 1.807) is 7.11 Å². The Morgan fingerprint density at radius 1 is 1.27 bits per heavy atom. The van der Waals surface area contributed by atoms with Crippen LogP contribution in [-0.2, 0) is 12.8 Å². The van der Waals surface area contributed by atoms with Crippen molar-refractivity contribution in [3.05, 3.63) is 52.3 Å². The number of aromatic nitrogens is 4. The Morgan fingerprint density at radius 2 is 2.13 bits per heavy atom. The smallest absolute Gasteiger partial charge is 0.231 e. The number of tetrazole rings is 1. The molecule has 1 aromatic heterocycles. The summed E-state index contributed by atoms with van der Waals surface area (Å²) in [5.41, 5.74) is 5.60. The molecule has 0 bridgehead atoms. The van der Waals surface area contributed by atoms with Crippen molar-refractivity contribution in [3.8, 4) is 22.9 Å². The van der Waals surface area contributed by atoms with Crippen LogP contribution >= 0.6 is 0 Å². The molecule has 0 saturated heterocycles. The lowest BCUT2D eigenvalue weighted by Crippen LogP contribution is -2.35. The summed E-state index contributed by atoms with van der Waals surface area (Å²) in [5, 5.41) is 12.9. The summed E-state index contributed by atoms with van der Waals surface area (Å²) in [6.07, 6.45) is 1.79. The second kappa shape index (κ2) is 7.28. The van der Waals surface area contributed by atoms with Crippen LogP contribution in [0.25, 0.3) is 5.69 Å². The molecule has 0 radical (unpaired) electrons. The summed E-state index contributed by atoms with van der Waals surface area (Å²) in [6, 6.07) is 8.20. The molecule has 3 aromatic rings. The van der Waals surface area contributed by atoms with E-state index in [1.807, 2.05) is 4.68 Å². The quantitative estimate of drug-likeness (QED) is 0.658. The zero-order valence-electron chi connectivity index (χ0n) is 17.7. The number of fused-ring (bicyclic) bond motifs is 2. The Morgan fingerprint density at radius 3 is 2.93 bits per heavy atom. The van der Waals surface area contributed by atoms with Crippen LogP contribution in [0.3, 0.4) is 0 Å².